The van der Waals surface area contributed by atoms with Gasteiger partial charge in [-0.05, 0) is 31.0 Å². The smallest absolute Gasteiger partial charge is 0.270 e. The van der Waals surface area contributed by atoms with Crippen molar-refractivity contribution >= 4 is 23.5 Å². The zero-order chi connectivity index (χ0) is 18.4. The number of hydrogen-bond donors (Lipinski definition) is 2. The van der Waals surface area contributed by atoms with Crippen molar-refractivity contribution in [2.24, 2.45) is 5.10 Å². The Labute approximate surface area is 144 Å². The van der Waals surface area contributed by atoms with Crippen LogP contribution < -0.4 is 15.8 Å². The standard InChI is InChI=1S/C17H18N4O4/c1-11-5-3-4-6-15(11)19-12(2)17(23)20-18-10-13-9-14(21(24)25)7-8-16(13)22/h3-10,12,19,22H,1-2H3,(H,20,23)/p-1. The molecule has 0 fully saturated rings. The van der Waals surface area contributed by atoms with Crippen molar-refractivity contribution in [3.63, 3.8) is 0 Å². The van der Waals surface area contributed by atoms with Gasteiger partial charge >= 0.3 is 0 Å². The Morgan fingerprint density at radius 1 is 1.28 bits per heavy atom. The predicted octanol–water partition coefficient (Wildman–Crippen LogP) is 1.93. The van der Waals surface area contributed by atoms with E-state index in [4.69, 9.17) is 0 Å². The van der Waals surface area contributed by atoms with Gasteiger partial charge < -0.3 is 10.4 Å². The van der Waals surface area contributed by atoms with Crippen LogP contribution in [0.25, 0.3) is 0 Å². The zero-order valence-corrected chi connectivity index (χ0v) is 13.7. The number of non-ortho nitro benzene ring substituents is 1. The Hall–Kier alpha value is -3.42. The topological polar surface area (TPSA) is 120 Å². The number of anilines is 1. The fourth-order valence-electron chi connectivity index (χ4n) is 2.05. The molecule has 0 saturated carbocycles. The van der Waals surface area contributed by atoms with Gasteiger partial charge in [-0.2, -0.15) is 5.10 Å². The lowest BCUT2D eigenvalue weighted by Gasteiger charge is -2.15. The number of hydrazone groups is 1. The SMILES string of the molecule is Cc1ccccc1NC(C)C(=O)NN=Cc1cc([N+](=O)[O-])ccc1[O-]. The Morgan fingerprint density at radius 3 is 2.68 bits per heavy atom. The molecule has 0 aromatic heterocycles. The molecule has 25 heavy (non-hydrogen) atoms. The minimum atomic E-state index is -0.608. The fourth-order valence-corrected chi connectivity index (χ4v) is 2.05. The molecule has 0 bridgehead atoms. The van der Waals surface area contributed by atoms with Gasteiger partial charge in [0.15, 0.2) is 0 Å². The summed E-state index contributed by atoms with van der Waals surface area (Å²) >= 11 is 0. The first kappa shape index (κ1) is 17.9. The second-order valence-corrected chi connectivity index (χ2v) is 5.39. The highest BCUT2D eigenvalue weighted by Crippen LogP contribution is 2.19. The molecule has 0 aliphatic carbocycles. The summed E-state index contributed by atoms with van der Waals surface area (Å²) in [7, 11) is 0. The summed E-state index contributed by atoms with van der Waals surface area (Å²) < 4.78 is 0. The third-order valence-electron chi connectivity index (χ3n) is 3.49. The van der Waals surface area contributed by atoms with Crippen LogP contribution in [0.4, 0.5) is 11.4 Å². The average molecular weight is 341 g/mol. The van der Waals surface area contributed by atoms with E-state index in [1.54, 1.807) is 6.92 Å². The van der Waals surface area contributed by atoms with E-state index >= 15 is 0 Å². The number of hydrogen-bond acceptors (Lipinski definition) is 6. The second kappa shape index (κ2) is 7.91. The first-order valence-electron chi connectivity index (χ1n) is 7.49. The van der Waals surface area contributed by atoms with Crippen LogP contribution in [0.1, 0.15) is 18.1 Å². The molecule has 2 aromatic carbocycles. The number of nitrogens with one attached hydrogen (secondary N) is 2. The Bertz CT molecular complexity index is 820. The van der Waals surface area contributed by atoms with Crippen LogP contribution in [0.3, 0.4) is 0 Å². The van der Waals surface area contributed by atoms with Gasteiger partial charge in [0.25, 0.3) is 11.6 Å². The quantitative estimate of drug-likeness (QED) is 0.472. The molecule has 0 radical (unpaired) electrons. The molecular formula is C17H17N4O4-. The Kier molecular flexibility index (Phi) is 5.67. The number of carbonyl (C=O) groups excluding carboxylic acids is 1. The maximum absolute atomic E-state index is 12.0. The molecule has 0 aliphatic rings. The molecule has 2 N–H and O–H groups in total. The molecule has 1 unspecified atom stereocenters. The molecular weight excluding hydrogens is 324 g/mol. The first-order valence-corrected chi connectivity index (χ1v) is 7.49. The highest BCUT2D eigenvalue weighted by molar-refractivity contribution is 5.88. The van der Waals surface area contributed by atoms with Crippen LogP contribution in [0, 0.1) is 17.0 Å². The molecule has 2 aromatic rings. The number of para-hydroxylation sites is 1. The molecule has 0 heterocycles. The summed E-state index contributed by atoms with van der Waals surface area (Å²) in [5.74, 6) is -0.827. The van der Waals surface area contributed by atoms with Gasteiger partial charge in [-0.15, -0.1) is 0 Å². The summed E-state index contributed by atoms with van der Waals surface area (Å²) in [5.41, 5.74) is 3.93. The molecule has 1 amide bonds. The van der Waals surface area contributed by atoms with E-state index in [0.29, 0.717) is 0 Å². The number of carbonyl (C=O) groups is 1. The van der Waals surface area contributed by atoms with E-state index in [2.05, 4.69) is 15.8 Å². The van der Waals surface area contributed by atoms with Gasteiger partial charge in [-0.3, -0.25) is 14.9 Å². The number of rotatable bonds is 6. The van der Waals surface area contributed by atoms with Crippen molar-refractivity contribution < 1.29 is 14.8 Å². The van der Waals surface area contributed by atoms with Gasteiger partial charge in [-0.1, -0.05) is 30.0 Å². The molecule has 8 nitrogen and oxygen atoms in total. The molecule has 0 saturated heterocycles. The largest absolute Gasteiger partial charge is 0.872 e. The van der Waals surface area contributed by atoms with Gasteiger partial charge in [0.05, 0.1) is 11.1 Å². The maximum atomic E-state index is 12.0. The summed E-state index contributed by atoms with van der Waals surface area (Å²) in [6, 6.07) is 10.3. The monoisotopic (exact) mass is 341 g/mol. The van der Waals surface area contributed by atoms with Crippen LogP contribution in [-0.2, 0) is 4.79 Å². The minimum absolute atomic E-state index is 0.0222. The summed E-state index contributed by atoms with van der Waals surface area (Å²) in [6.45, 7) is 3.59. The Morgan fingerprint density at radius 2 is 2.00 bits per heavy atom. The lowest BCUT2D eigenvalue weighted by Crippen LogP contribution is -2.35. The van der Waals surface area contributed by atoms with E-state index in [1.165, 1.54) is 0 Å². The van der Waals surface area contributed by atoms with E-state index in [-0.39, 0.29) is 11.3 Å². The van der Waals surface area contributed by atoms with Gasteiger partial charge in [0, 0.05) is 17.8 Å². The molecule has 2 rings (SSSR count). The maximum Gasteiger partial charge on any atom is 0.270 e. The van der Waals surface area contributed by atoms with Crippen LogP contribution in [0.15, 0.2) is 47.6 Å². The molecule has 8 heteroatoms. The third-order valence-corrected chi connectivity index (χ3v) is 3.49. The van der Waals surface area contributed by atoms with Crippen LogP contribution >= 0.6 is 0 Å². The number of nitro benzene ring substituents is 1. The van der Waals surface area contributed by atoms with Crippen molar-refractivity contribution in [3.8, 4) is 5.75 Å². The zero-order valence-electron chi connectivity index (χ0n) is 13.7. The van der Waals surface area contributed by atoms with Gasteiger partial charge in [0.1, 0.15) is 6.04 Å². The minimum Gasteiger partial charge on any atom is -0.872 e. The van der Waals surface area contributed by atoms with Gasteiger partial charge in [-0.25, -0.2) is 5.43 Å². The predicted molar refractivity (Wildman–Crippen MR) is 92.5 cm³/mol. The normalized spacial score (nSPS) is 11.9. The van der Waals surface area contributed by atoms with Gasteiger partial charge in [0.2, 0.25) is 0 Å². The van der Waals surface area contributed by atoms with E-state index in [1.807, 2.05) is 31.2 Å². The lowest BCUT2D eigenvalue weighted by atomic mass is 10.2. The van der Waals surface area contributed by atoms with Crippen molar-refractivity contribution in [3.05, 3.63) is 63.7 Å². The summed E-state index contributed by atoms with van der Waals surface area (Å²) in [6.07, 6.45) is 1.09. The Balaban J connectivity index is 1.99. The summed E-state index contributed by atoms with van der Waals surface area (Å²) in [4.78, 5) is 22.1. The van der Waals surface area contributed by atoms with Crippen molar-refractivity contribution in [2.75, 3.05) is 5.32 Å². The van der Waals surface area contributed by atoms with Crippen LogP contribution in [-0.4, -0.2) is 23.1 Å². The highest BCUT2D eigenvalue weighted by Gasteiger charge is 2.12. The molecule has 130 valence electrons. The fraction of sp³-hybridized carbons (Fsp3) is 0.176. The number of nitrogens with zero attached hydrogens (tertiary/aromatic N) is 2. The van der Waals surface area contributed by atoms with E-state index < -0.39 is 22.6 Å². The third kappa shape index (κ3) is 4.77. The summed E-state index contributed by atoms with van der Waals surface area (Å²) in [5, 5.41) is 29.1. The molecule has 0 spiro atoms. The second-order valence-electron chi connectivity index (χ2n) is 5.39. The lowest BCUT2D eigenvalue weighted by molar-refractivity contribution is -0.385. The highest BCUT2D eigenvalue weighted by atomic mass is 16.6. The van der Waals surface area contributed by atoms with Crippen molar-refractivity contribution in [2.45, 2.75) is 19.9 Å². The van der Waals surface area contributed by atoms with Crippen LogP contribution in [0.5, 0.6) is 5.75 Å². The number of aryl methyl sites for hydroxylation is 1. The first-order chi connectivity index (χ1) is 11.9. The van der Waals surface area contributed by atoms with E-state index in [0.717, 1.165) is 35.7 Å². The molecule has 1 atom stereocenters. The van der Waals surface area contributed by atoms with Crippen molar-refractivity contribution in [1.29, 1.82) is 0 Å². The van der Waals surface area contributed by atoms with Crippen molar-refractivity contribution in [1.82, 2.24) is 5.43 Å². The van der Waals surface area contributed by atoms with Crippen LogP contribution in [0.2, 0.25) is 0 Å². The average Bonchev–Trinajstić information content (AvgIpc) is 2.58. The molecule has 0 aliphatic heterocycles. The number of benzene rings is 2. The number of amides is 1. The number of nitro groups is 1. The van der Waals surface area contributed by atoms with E-state index in [9.17, 15) is 20.0 Å².